The maximum Gasteiger partial charge on any atom is 0.320 e. The lowest BCUT2D eigenvalue weighted by atomic mass is 9.80. The quantitative estimate of drug-likeness (QED) is 0.762. The topological polar surface area (TPSA) is 63.3 Å². The van der Waals surface area contributed by atoms with Crippen LogP contribution in [0.2, 0.25) is 0 Å². The summed E-state index contributed by atoms with van der Waals surface area (Å²) in [6.07, 6.45) is 2.62. The van der Waals surface area contributed by atoms with E-state index >= 15 is 0 Å². The minimum absolute atomic E-state index is 0.0809. The minimum Gasteiger partial charge on any atom is -0.480 e. The van der Waals surface area contributed by atoms with E-state index in [0.29, 0.717) is 0 Å². The lowest BCUT2D eigenvalue weighted by Gasteiger charge is -2.26. The van der Waals surface area contributed by atoms with Gasteiger partial charge in [-0.3, -0.25) is 4.79 Å². The van der Waals surface area contributed by atoms with Gasteiger partial charge in [0.1, 0.15) is 6.04 Å². The molecule has 0 unspecified atom stereocenters. The van der Waals surface area contributed by atoms with Crippen LogP contribution in [0, 0.1) is 5.92 Å². The first-order valence-electron chi connectivity index (χ1n) is 5.23. The van der Waals surface area contributed by atoms with E-state index in [9.17, 15) is 4.79 Å². The zero-order valence-electron chi connectivity index (χ0n) is 8.52. The van der Waals surface area contributed by atoms with E-state index in [1.165, 1.54) is 11.1 Å². The van der Waals surface area contributed by atoms with E-state index in [4.69, 9.17) is 10.8 Å². The summed E-state index contributed by atoms with van der Waals surface area (Å²) in [5.41, 5.74) is 8.24. The van der Waals surface area contributed by atoms with Crippen molar-refractivity contribution in [2.24, 2.45) is 11.7 Å². The molecule has 0 saturated carbocycles. The maximum absolute atomic E-state index is 10.8. The van der Waals surface area contributed by atoms with Crippen molar-refractivity contribution in [2.75, 3.05) is 0 Å². The molecule has 0 fully saturated rings. The van der Waals surface area contributed by atoms with Crippen LogP contribution in [0.3, 0.4) is 0 Å². The zero-order chi connectivity index (χ0) is 10.8. The lowest BCUT2D eigenvalue weighted by molar-refractivity contribution is -0.140. The number of hydrogen-bond acceptors (Lipinski definition) is 2. The SMILES string of the molecule is N[C@H](C(=O)O)[C@@H]1CCc2ccccc2C1. The van der Waals surface area contributed by atoms with Gasteiger partial charge in [0.2, 0.25) is 0 Å². The first-order valence-corrected chi connectivity index (χ1v) is 5.23. The number of fused-ring (bicyclic) bond motifs is 1. The first kappa shape index (κ1) is 10.2. The van der Waals surface area contributed by atoms with Crippen LogP contribution in [-0.4, -0.2) is 17.1 Å². The van der Waals surface area contributed by atoms with Crippen LogP contribution in [0.1, 0.15) is 17.5 Å². The summed E-state index contributed by atoms with van der Waals surface area (Å²) in [4.78, 5) is 10.8. The molecule has 1 aliphatic rings. The lowest BCUT2D eigenvalue weighted by Crippen LogP contribution is -2.40. The van der Waals surface area contributed by atoms with E-state index in [0.717, 1.165) is 19.3 Å². The number of nitrogens with two attached hydrogens (primary N) is 1. The van der Waals surface area contributed by atoms with Crippen LogP contribution in [0.5, 0.6) is 0 Å². The van der Waals surface area contributed by atoms with Gasteiger partial charge in [0.15, 0.2) is 0 Å². The molecular weight excluding hydrogens is 190 g/mol. The molecule has 0 bridgehead atoms. The molecule has 2 rings (SSSR count). The number of carboxylic acids is 1. The summed E-state index contributed by atoms with van der Waals surface area (Å²) in [6, 6.07) is 7.47. The molecule has 3 nitrogen and oxygen atoms in total. The van der Waals surface area contributed by atoms with Crippen molar-refractivity contribution in [3.8, 4) is 0 Å². The Balaban J connectivity index is 2.15. The van der Waals surface area contributed by atoms with Gasteiger partial charge in [-0.15, -0.1) is 0 Å². The molecule has 3 N–H and O–H groups in total. The highest BCUT2D eigenvalue weighted by Gasteiger charge is 2.27. The van der Waals surface area contributed by atoms with Crippen LogP contribution in [0.25, 0.3) is 0 Å². The Labute approximate surface area is 88.9 Å². The molecule has 2 atom stereocenters. The number of aryl methyl sites for hydroxylation is 1. The van der Waals surface area contributed by atoms with Gasteiger partial charge < -0.3 is 10.8 Å². The summed E-state index contributed by atoms with van der Waals surface area (Å²) in [5.74, 6) is -0.809. The molecule has 0 amide bonds. The predicted octanol–water partition coefficient (Wildman–Crippen LogP) is 1.20. The van der Waals surface area contributed by atoms with Crippen LogP contribution in [-0.2, 0) is 17.6 Å². The molecule has 15 heavy (non-hydrogen) atoms. The highest BCUT2D eigenvalue weighted by atomic mass is 16.4. The highest BCUT2D eigenvalue weighted by molar-refractivity contribution is 5.73. The van der Waals surface area contributed by atoms with E-state index < -0.39 is 12.0 Å². The summed E-state index contributed by atoms with van der Waals surface area (Å²) in [5, 5.41) is 8.86. The fraction of sp³-hybridized carbons (Fsp3) is 0.417. The van der Waals surface area contributed by atoms with Gasteiger partial charge in [-0.05, 0) is 36.3 Å². The van der Waals surface area contributed by atoms with Crippen molar-refractivity contribution < 1.29 is 9.90 Å². The first-order chi connectivity index (χ1) is 7.18. The number of rotatable bonds is 2. The monoisotopic (exact) mass is 205 g/mol. The van der Waals surface area contributed by atoms with Crippen LogP contribution < -0.4 is 5.73 Å². The molecule has 0 aromatic heterocycles. The van der Waals surface area contributed by atoms with Gasteiger partial charge in [0.25, 0.3) is 0 Å². The molecule has 0 heterocycles. The van der Waals surface area contributed by atoms with Crippen molar-refractivity contribution in [1.82, 2.24) is 0 Å². The van der Waals surface area contributed by atoms with Gasteiger partial charge in [0, 0.05) is 0 Å². The largest absolute Gasteiger partial charge is 0.480 e. The van der Waals surface area contributed by atoms with Crippen molar-refractivity contribution in [2.45, 2.75) is 25.3 Å². The molecule has 3 heteroatoms. The third-order valence-electron chi connectivity index (χ3n) is 3.18. The predicted molar refractivity (Wildman–Crippen MR) is 57.6 cm³/mol. The van der Waals surface area contributed by atoms with Crippen LogP contribution in [0.15, 0.2) is 24.3 Å². The van der Waals surface area contributed by atoms with Crippen LogP contribution >= 0.6 is 0 Å². The number of carbonyl (C=O) groups is 1. The van der Waals surface area contributed by atoms with Gasteiger partial charge in [-0.2, -0.15) is 0 Å². The summed E-state index contributed by atoms with van der Waals surface area (Å²) >= 11 is 0. The summed E-state index contributed by atoms with van der Waals surface area (Å²) in [7, 11) is 0. The summed E-state index contributed by atoms with van der Waals surface area (Å²) in [6.45, 7) is 0. The number of hydrogen-bond donors (Lipinski definition) is 2. The average Bonchev–Trinajstić information content (AvgIpc) is 2.27. The van der Waals surface area contributed by atoms with Gasteiger partial charge in [-0.1, -0.05) is 24.3 Å². The molecule has 80 valence electrons. The Bertz CT molecular complexity index is 376. The number of benzene rings is 1. The smallest absolute Gasteiger partial charge is 0.320 e. The highest BCUT2D eigenvalue weighted by Crippen LogP contribution is 2.26. The normalized spacial score (nSPS) is 21.8. The maximum atomic E-state index is 10.8. The Morgan fingerprint density at radius 3 is 2.73 bits per heavy atom. The second kappa shape index (κ2) is 4.03. The fourth-order valence-corrected chi connectivity index (χ4v) is 2.23. The standard InChI is InChI=1S/C12H15NO2/c13-11(12(14)15)10-6-5-8-3-1-2-4-9(8)7-10/h1-4,10-11H,5-7,13H2,(H,14,15)/t10-,11+/m1/s1. The van der Waals surface area contributed by atoms with Gasteiger partial charge in [-0.25, -0.2) is 0 Å². The molecule has 0 spiro atoms. The molecule has 1 aromatic rings. The molecule has 1 aliphatic carbocycles. The Hall–Kier alpha value is -1.35. The Morgan fingerprint density at radius 1 is 1.40 bits per heavy atom. The zero-order valence-corrected chi connectivity index (χ0v) is 8.52. The van der Waals surface area contributed by atoms with Gasteiger partial charge in [0.05, 0.1) is 0 Å². The van der Waals surface area contributed by atoms with Crippen molar-refractivity contribution in [1.29, 1.82) is 0 Å². The minimum atomic E-state index is -0.889. The molecule has 0 aliphatic heterocycles. The van der Waals surface area contributed by atoms with Crippen molar-refractivity contribution >= 4 is 5.97 Å². The van der Waals surface area contributed by atoms with Gasteiger partial charge >= 0.3 is 5.97 Å². The fourth-order valence-electron chi connectivity index (χ4n) is 2.23. The van der Waals surface area contributed by atoms with E-state index in [1.54, 1.807) is 0 Å². The third-order valence-corrected chi connectivity index (χ3v) is 3.18. The number of carboxylic acid groups (broad SMARTS) is 1. The van der Waals surface area contributed by atoms with E-state index in [1.807, 2.05) is 12.1 Å². The second-order valence-corrected chi connectivity index (χ2v) is 4.14. The Kier molecular flexibility index (Phi) is 2.73. The van der Waals surface area contributed by atoms with Crippen molar-refractivity contribution in [3.05, 3.63) is 35.4 Å². The molecule has 1 aromatic carbocycles. The van der Waals surface area contributed by atoms with E-state index in [2.05, 4.69) is 12.1 Å². The number of aliphatic carboxylic acids is 1. The molecule has 0 radical (unpaired) electrons. The second-order valence-electron chi connectivity index (χ2n) is 4.14. The van der Waals surface area contributed by atoms with E-state index in [-0.39, 0.29) is 5.92 Å². The average molecular weight is 205 g/mol. The molecule has 0 saturated heterocycles. The summed E-state index contributed by atoms with van der Waals surface area (Å²) < 4.78 is 0. The van der Waals surface area contributed by atoms with Crippen LogP contribution in [0.4, 0.5) is 0 Å². The van der Waals surface area contributed by atoms with Crippen molar-refractivity contribution in [3.63, 3.8) is 0 Å². The third kappa shape index (κ3) is 2.02. The molecular formula is C12H15NO2. The Morgan fingerprint density at radius 2 is 2.07 bits per heavy atom.